The van der Waals surface area contributed by atoms with Gasteiger partial charge in [-0.15, -0.1) is 11.6 Å². The smallest absolute Gasteiger partial charge is 0.132 e. The van der Waals surface area contributed by atoms with Gasteiger partial charge in [-0.2, -0.15) is 0 Å². The molecule has 0 fully saturated rings. The number of alkyl halides is 1. The average Bonchev–Trinajstić information content (AvgIpc) is 2.37. The van der Waals surface area contributed by atoms with Crippen molar-refractivity contribution in [1.29, 1.82) is 0 Å². The largest absolute Gasteiger partial charge is 0.494 e. The summed E-state index contributed by atoms with van der Waals surface area (Å²) in [5.41, 5.74) is 0.393. The first kappa shape index (κ1) is 16.7. The van der Waals surface area contributed by atoms with Gasteiger partial charge >= 0.3 is 0 Å². The van der Waals surface area contributed by atoms with Crippen LogP contribution >= 0.6 is 43.5 Å². The first-order valence-corrected chi connectivity index (χ1v) is 8.17. The Bertz CT molecular complexity index is 641. The summed E-state index contributed by atoms with van der Waals surface area (Å²) < 4.78 is 34.3. The van der Waals surface area contributed by atoms with E-state index in [0.29, 0.717) is 26.9 Å². The van der Waals surface area contributed by atoms with E-state index in [-0.39, 0.29) is 5.56 Å². The van der Waals surface area contributed by atoms with Crippen molar-refractivity contribution in [2.75, 3.05) is 6.61 Å². The molecular formula is C15H11Br2ClF2O. The molecule has 112 valence electrons. The van der Waals surface area contributed by atoms with E-state index in [2.05, 4.69) is 31.9 Å². The molecule has 0 aliphatic rings. The molecule has 0 saturated carbocycles. The van der Waals surface area contributed by atoms with E-state index in [1.165, 1.54) is 12.1 Å². The fourth-order valence-corrected chi connectivity index (χ4v) is 3.44. The topological polar surface area (TPSA) is 9.23 Å². The minimum atomic E-state index is -0.942. The average molecular weight is 441 g/mol. The monoisotopic (exact) mass is 438 g/mol. The van der Waals surface area contributed by atoms with E-state index < -0.39 is 17.0 Å². The van der Waals surface area contributed by atoms with Gasteiger partial charge in [-0.3, -0.25) is 0 Å². The van der Waals surface area contributed by atoms with Gasteiger partial charge in [-0.25, -0.2) is 8.78 Å². The number of benzene rings is 2. The molecule has 2 rings (SSSR count). The lowest BCUT2D eigenvalue weighted by molar-refractivity contribution is 0.340. The van der Waals surface area contributed by atoms with Gasteiger partial charge in [0.25, 0.3) is 0 Å². The van der Waals surface area contributed by atoms with Crippen LogP contribution in [0.15, 0.2) is 39.3 Å². The molecule has 0 heterocycles. The zero-order valence-electron chi connectivity index (χ0n) is 11.0. The molecule has 1 atom stereocenters. The predicted octanol–water partition coefficient (Wildman–Crippen LogP) is 6.22. The quantitative estimate of drug-likeness (QED) is 0.513. The van der Waals surface area contributed by atoms with E-state index in [9.17, 15) is 8.78 Å². The van der Waals surface area contributed by atoms with Crippen molar-refractivity contribution in [2.24, 2.45) is 0 Å². The lowest BCUT2D eigenvalue weighted by Gasteiger charge is -2.15. The van der Waals surface area contributed by atoms with E-state index in [1.807, 2.05) is 6.92 Å². The number of ether oxygens (including phenoxy) is 1. The molecule has 0 amide bonds. The molecule has 0 radical (unpaired) electrons. The summed E-state index contributed by atoms with van der Waals surface area (Å²) in [6.45, 7) is 2.41. The fraction of sp³-hybridized carbons (Fsp3) is 0.200. The van der Waals surface area contributed by atoms with Crippen molar-refractivity contribution < 1.29 is 13.5 Å². The molecule has 0 aromatic heterocycles. The molecule has 0 spiro atoms. The van der Waals surface area contributed by atoms with Gasteiger partial charge in [0.1, 0.15) is 17.4 Å². The summed E-state index contributed by atoms with van der Waals surface area (Å²) in [6, 6.07) is 7.51. The molecule has 2 aromatic carbocycles. The second-order valence-electron chi connectivity index (χ2n) is 4.26. The summed E-state index contributed by atoms with van der Waals surface area (Å²) in [4.78, 5) is 0. The maximum absolute atomic E-state index is 14.0. The van der Waals surface area contributed by atoms with Crippen LogP contribution in [0.1, 0.15) is 23.4 Å². The van der Waals surface area contributed by atoms with Gasteiger partial charge in [0, 0.05) is 14.5 Å². The number of rotatable bonds is 4. The van der Waals surface area contributed by atoms with Crippen LogP contribution in [0.25, 0.3) is 0 Å². The molecular weight excluding hydrogens is 429 g/mol. The second kappa shape index (κ2) is 7.07. The molecule has 21 heavy (non-hydrogen) atoms. The molecule has 2 aromatic rings. The summed E-state index contributed by atoms with van der Waals surface area (Å²) in [5.74, 6) is -0.723. The van der Waals surface area contributed by atoms with E-state index in [1.54, 1.807) is 18.2 Å². The summed E-state index contributed by atoms with van der Waals surface area (Å²) >= 11 is 12.7. The highest BCUT2D eigenvalue weighted by atomic mass is 79.9. The summed E-state index contributed by atoms with van der Waals surface area (Å²) in [7, 11) is 0. The Morgan fingerprint density at radius 3 is 2.29 bits per heavy atom. The van der Waals surface area contributed by atoms with Gasteiger partial charge in [-0.05, 0) is 36.8 Å². The van der Waals surface area contributed by atoms with E-state index in [4.69, 9.17) is 16.3 Å². The van der Waals surface area contributed by atoms with Crippen LogP contribution in [0, 0.1) is 11.6 Å². The standard InChI is InChI=1S/C15H11Br2ClF2O/c1-2-21-9-3-4-10(11(17)7-9)15(18)14-12(19)5-8(16)6-13(14)20/h3-7,15H,2H2,1H3. The summed E-state index contributed by atoms with van der Waals surface area (Å²) in [5, 5.41) is -0.942. The van der Waals surface area contributed by atoms with Crippen LogP contribution in [-0.2, 0) is 0 Å². The van der Waals surface area contributed by atoms with E-state index >= 15 is 0 Å². The lowest BCUT2D eigenvalue weighted by Crippen LogP contribution is -2.02. The highest BCUT2D eigenvalue weighted by molar-refractivity contribution is 9.10. The summed E-state index contributed by atoms with van der Waals surface area (Å²) in [6.07, 6.45) is 0. The second-order valence-corrected chi connectivity index (χ2v) is 6.47. The van der Waals surface area contributed by atoms with Crippen molar-refractivity contribution in [3.8, 4) is 5.75 Å². The zero-order valence-corrected chi connectivity index (χ0v) is 14.9. The highest BCUT2D eigenvalue weighted by Gasteiger charge is 2.22. The first-order chi connectivity index (χ1) is 9.93. The minimum Gasteiger partial charge on any atom is -0.494 e. The zero-order chi connectivity index (χ0) is 15.6. The van der Waals surface area contributed by atoms with Crippen molar-refractivity contribution in [3.63, 3.8) is 0 Å². The van der Waals surface area contributed by atoms with Crippen molar-refractivity contribution in [1.82, 2.24) is 0 Å². The van der Waals surface area contributed by atoms with Gasteiger partial charge in [0.05, 0.1) is 12.0 Å². The lowest BCUT2D eigenvalue weighted by atomic mass is 10.0. The Morgan fingerprint density at radius 2 is 1.76 bits per heavy atom. The Hall–Kier alpha value is -0.650. The molecule has 0 N–H and O–H groups in total. The van der Waals surface area contributed by atoms with Gasteiger partial charge in [-0.1, -0.05) is 37.9 Å². The molecule has 0 aliphatic carbocycles. The number of halogens is 5. The Labute approximate surface area is 143 Å². The molecule has 1 nitrogen and oxygen atoms in total. The number of hydrogen-bond donors (Lipinski definition) is 0. The Morgan fingerprint density at radius 1 is 1.14 bits per heavy atom. The molecule has 1 unspecified atom stereocenters. The van der Waals surface area contributed by atoms with Gasteiger partial charge < -0.3 is 4.74 Å². The van der Waals surface area contributed by atoms with Crippen LogP contribution in [0.4, 0.5) is 8.78 Å². The SMILES string of the molecule is CCOc1ccc(C(Cl)c2c(F)cc(Br)cc2F)c(Br)c1. The van der Waals surface area contributed by atoms with Crippen LogP contribution in [-0.4, -0.2) is 6.61 Å². The van der Waals surface area contributed by atoms with Crippen molar-refractivity contribution >= 4 is 43.5 Å². The van der Waals surface area contributed by atoms with Crippen LogP contribution in [0.3, 0.4) is 0 Å². The third-order valence-corrected chi connectivity index (χ3v) is 4.45. The molecule has 0 saturated heterocycles. The van der Waals surface area contributed by atoms with E-state index in [0.717, 1.165) is 0 Å². The maximum Gasteiger partial charge on any atom is 0.132 e. The third kappa shape index (κ3) is 3.76. The molecule has 0 bridgehead atoms. The van der Waals surface area contributed by atoms with Gasteiger partial charge in [0.2, 0.25) is 0 Å². The van der Waals surface area contributed by atoms with Crippen LogP contribution < -0.4 is 4.74 Å². The van der Waals surface area contributed by atoms with Gasteiger partial charge in [0.15, 0.2) is 0 Å². The normalized spacial score (nSPS) is 12.3. The van der Waals surface area contributed by atoms with Crippen molar-refractivity contribution in [2.45, 2.75) is 12.3 Å². The highest BCUT2D eigenvalue weighted by Crippen LogP contribution is 2.38. The Balaban J connectivity index is 2.43. The van der Waals surface area contributed by atoms with Crippen LogP contribution in [0.5, 0.6) is 5.75 Å². The maximum atomic E-state index is 14.0. The third-order valence-electron chi connectivity index (χ3n) is 2.85. The predicted molar refractivity (Wildman–Crippen MR) is 87.1 cm³/mol. The molecule has 6 heteroatoms. The molecule has 0 aliphatic heterocycles. The fourth-order valence-electron chi connectivity index (χ4n) is 1.92. The minimum absolute atomic E-state index is 0.176. The first-order valence-electron chi connectivity index (χ1n) is 6.14. The number of hydrogen-bond acceptors (Lipinski definition) is 1. The van der Waals surface area contributed by atoms with Crippen LogP contribution in [0.2, 0.25) is 0 Å². The Kier molecular flexibility index (Phi) is 5.63. The van der Waals surface area contributed by atoms with Crippen molar-refractivity contribution in [3.05, 3.63) is 62.0 Å².